The van der Waals surface area contributed by atoms with Gasteiger partial charge in [-0.2, -0.15) is 0 Å². The number of nitrogens with zero attached hydrogens (tertiary/aromatic N) is 1. The van der Waals surface area contributed by atoms with Crippen LogP contribution in [0.1, 0.15) is 46.2 Å². The van der Waals surface area contributed by atoms with E-state index >= 15 is 0 Å². The van der Waals surface area contributed by atoms with Crippen LogP contribution in [-0.2, 0) is 19.4 Å². The first-order chi connectivity index (χ1) is 13.4. The predicted octanol–water partition coefficient (Wildman–Crippen LogP) is 4.77. The van der Waals surface area contributed by atoms with Crippen molar-refractivity contribution in [3.63, 3.8) is 0 Å². The Hall–Kier alpha value is -3.01. The number of phenols is 1. The van der Waals surface area contributed by atoms with E-state index in [1.54, 1.807) is 12.1 Å². The molecule has 3 N–H and O–H groups in total. The zero-order chi connectivity index (χ0) is 20.3. The fraction of sp³-hybridized carbons (Fsp3) is 0.292. The van der Waals surface area contributed by atoms with E-state index in [1.165, 1.54) is 5.69 Å². The molecule has 3 rings (SSSR count). The van der Waals surface area contributed by atoms with Gasteiger partial charge in [0.2, 0.25) is 0 Å². The van der Waals surface area contributed by atoms with Crippen LogP contribution < -0.4 is 5.73 Å². The van der Waals surface area contributed by atoms with Crippen LogP contribution in [0.2, 0.25) is 0 Å². The van der Waals surface area contributed by atoms with E-state index < -0.39 is 0 Å². The van der Waals surface area contributed by atoms with Crippen LogP contribution >= 0.6 is 0 Å². The quantitative estimate of drug-likeness (QED) is 0.623. The molecule has 2 aromatic carbocycles. The highest BCUT2D eigenvalue weighted by molar-refractivity contribution is 6.02. The molecule has 0 fully saturated rings. The molecule has 0 bridgehead atoms. The highest BCUT2D eigenvalue weighted by atomic mass is 16.3. The van der Waals surface area contributed by atoms with Crippen LogP contribution in [0.4, 0.5) is 0 Å². The van der Waals surface area contributed by atoms with Crippen molar-refractivity contribution in [3.8, 4) is 16.9 Å². The number of nitrogens with two attached hydrogens (primary N) is 1. The van der Waals surface area contributed by atoms with Gasteiger partial charge in [-0.25, -0.2) is 0 Å². The summed E-state index contributed by atoms with van der Waals surface area (Å²) in [7, 11) is 0. The number of primary amides is 1. The Kier molecular flexibility index (Phi) is 5.88. The van der Waals surface area contributed by atoms with Gasteiger partial charge in [-0.1, -0.05) is 49.7 Å². The molecule has 146 valence electrons. The average molecular weight is 377 g/mol. The topological polar surface area (TPSA) is 68.2 Å². The lowest BCUT2D eigenvalue weighted by Gasteiger charge is -2.14. The summed E-state index contributed by atoms with van der Waals surface area (Å²) in [6.07, 6.45) is 2.69. The number of hydrogen-bond donors (Lipinski definition) is 2. The van der Waals surface area contributed by atoms with Gasteiger partial charge in [0.15, 0.2) is 0 Å². The van der Waals surface area contributed by atoms with Crippen molar-refractivity contribution in [1.29, 1.82) is 0 Å². The molecule has 0 aliphatic rings. The number of carbonyl (C=O) groups is 1. The summed E-state index contributed by atoms with van der Waals surface area (Å²) in [5.74, 6) is -0.109. The predicted molar refractivity (Wildman–Crippen MR) is 114 cm³/mol. The summed E-state index contributed by atoms with van der Waals surface area (Å²) < 4.78 is 2.25. The van der Waals surface area contributed by atoms with E-state index in [4.69, 9.17) is 5.73 Å². The van der Waals surface area contributed by atoms with Gasteiger partial charge in [-0.15, -0.1) is 0 Å². The first-order valence-electron chi connectivity index (χ1n) is 9.79. The van der Waals surface area contributed by atoms with Gasteiger partial charge >= 0.3 is 0 Å². The van der Waals surface area contributed by atoms with Crippen molar-refractivity contribution in [2.45, 2.75) is 46.6 Å². The van der Waals surface area contributed by atoms with Gasteiger partial charge in [0.05, 0.1) is 5.56 Å². The number of phenolic OH excluding ortho intramolecular Hbond substituents is 1. The minimum absolute atomic E-state index is 0.269. The zero-order valence-corrected chi connectivity index (χ0v) is 16.8. The Morgan fingerprint density at radius 1 is 1.04 bits per heavy atom. The lowest BCUT2D eigenvalue weighted by atomic mass is 9.94. The Morgan fingerprint density at radius 3 is 2.32 bits per heavy atom. The molecule has 4 nitrogen and oxygen atoms in total. The maximum Gasteiger partial charge on any atom is 0.251 e. The second kappa shape index (κ2) is 8.34. The summed E-state index contributed by atoms with van der Waals surface area (Å²) in [6, 6.07) is 15.4. The second-order valence-corrected chi connectivity index (χ2v) is 7.28. The largest absolute Gasteiger partial charge is 0.508 e. The standard InChI is InChI=1S/C24H28N2O2/c1-4-7-21-23(20-9-6-5-8-16(20)2)22(24(25)28)17(3)26(21)15-14-18-10-12-19(27)13-11-18/h5-6,8-13,27H,4,7,14-15H2,1-3H3,(H2,25,28). The molecular weight excluding hydrogens is 348 g/mol. The summed E-state index contributed by atoms with van der Waals surface area (Å²) in [5, 5.41) is 9.50. The van der Waals surface area contributed by atoms with Crippen LogP contribution in [0.3, 0.4) is 0 Å². The minimum Gasteiger partial charge on any atom is -0.508 e. The number of amides is 1. The van der Waals surface area contributed by atoms with Crippen molar-refractivity contribution in [1.82, 2.24) is 4.57 Å². The molecule has 1 amide bonds. The zero-order valence-electron chi connectivity index (χ0n) is 16.8. The second-order valence-electron chi connectivity index (χ2n) is 7.28. The molecule has 0 atom stereocenters. The van der Waals surface area contributed by atoms with Crippen LogP contribution in [0, 0.1) is 13.8 Å². The number of aromatic nitrogens is 1. The average Bonchev–Trinajstić information content (AvgIpc) is 2.94. The van der Waals surface area contributed by atoms with Gasteiger partial charge in [0.1, 0.15) is 5.75 Å². The SMILES string of the molecule is CCCc1c(-c2ccccc2C)c(C(N)=O)c(C)n1CCc1ccc(O)cc1. The van der Waals surface area contributed by atoms with E-state index in [1.807, 2.05) is 31.2 Å². The van der Waals surface area contributed by atoms with Gasteiger partial charge in [0, 0.05) is 23.5 Å². The highest BCUT2D eigenvalue weighted by Gasteiger charge is 2.24. The molecule has 0 saturated heterocycles. The molecule has 1 aromatic heterocycles. The van der Waals surface area contributed by atoms with Crippen LogP contribution in [0.25, 0.3) is 11.1 Å². The third kappa shape index (κ3) is 3.81. The molecule has 0 radical (unpaired) electrons. The number of carbonyl (C=O) groups excluding carboxylic acids is 1. The Bertz CT molecular complexity index is 985. The number of benzene rings is 2. The van der Waals surface area contributed by atoms with E-state index in [9.17, 15) is 9.90 Å². The van der Waals surface area contributed by atoms with Gasteiger partial charge in [0.25, 0.3) is 5.91 Å². The maximum absolute atomic E-state index is 12.4. The molecule has 0 unspecified atom stereocenters. The Balaban J connectivity index is 2.11. The molecule has 28 heavy (non-hydrogen) atoms. The summed E-state index contributed by atoms with van der Waals surface area (Å²) >= 11 is 0. The molecular formula is C24H28N2O2. The maximum atomic E-state index is 12.4. The summed E-state index contributed by atoms with van der Waals surface area (Å²) in [4.78, 5) is 12.4. The van der Waals surface area contributed by atoms with E-state index in [-0.39, 0.29) is 11.7 Å². The van der Waals surface area contributed by atoms with E-state index in [2.05, 4.69) is 30.5 Å². The Labute approximate surface area is 166 Å². The van der Waals surface area contributed by atoms with Crippen LogP contribution in [0.15, 0.2) is 48.5 Å². The molecule has 0 aliphatic carbocycles. The molecule has 0 spiro atoms. The van der Waals surface area contributed by atoms with Gasteiger partial charge in [-0.3, -0.25) is 4.79 Å². The number of rotatable bonds is 7. The van der Waals surface area contributed by atoms with Gasteiger partial charge < -0.3 is 15.4 Å². The summed E-state index contributed by atoms with van der Waals surface area (Å²) in [6.45, 7) is 6.97. The first-order valence-corrected chi connectivity index (χ1v) is 9.79. The molecule has 3 aromatic rings. The molecule has 0 saturated carbocycles. The Morgan fingerprint density at radius 2 is 1.71 bits per heavy atom. The summed E-state index contributed by atoms with van der Waals surface area (Å²) in [5.41, 5.74) is 12.9. The van der Waals surface area contributed by atoms with Crippen molar-refractivity contribution < 1.29 is 9.90 Å². The minimum atomic E-state index is -0.378. The number of aromatic hydroxyl groups is 1. The van der Waals surface area contributed by atoms with Gasteiger partial charge in [-0.05, 0) is 55.5 Å². The lowest BCUT2D eigenvalue weighted by Crippen LogP contribution is -2.14. The third-order valence-corrected chi connectivity index (χ3v) is 5.34. The fourth-order valence-electron chi connectivity index (χ4n) is 3.95. The van der Waals surface area contributed by atoms with Crippen molar-refractivity contribution in [2.75, 3.05) is 0 Å². The normalized spacial score (nSPS) is 11.0. The van der Waals surface area contributed by atoms with Crippen molar-refractivity contribution in [2.24, 2.45) is 5.73 Å². The highest BCUT2D eigenvalue weighted by Crippen LogP contribution is 2.35. The third-order valence-electron chi connectivity index (χ3n) is 5.34. The lowest BCUT2D eigenvalue weighted by molar-refractivity contribution is 0.1000. The van der Waals surface area contributed by atoms with Crippen LogP contribution in [-0.4, -0.2) is 15.6 Å². The van der Waals surface area contributed by atoms with E-state index in [0.29, 0.717) is 5.56 Å². The monoisotopic (exact) mass is 376 g/mol. The van der Waals surface area contributed by atoms with Crippen molar-refractivity contribution >= 4 is 5.91 Å². The fourth-order valence-corrected chi connectivity index (χ4v) is 3.95. The van der Waals surface area contributed by atoms with E-state index in [0.717, 1.165) is 53.8 Å². The molecule has 0 aliphatic heterocycles. The smallest absolute Gasteiger partial charge is 0.251 e. The number of aryl methyl sites for hydroxylation is 2. The molecule has 1 heterocycles. The molecule has 4 heteroatoms. The first kappa shape index (κ1) is 19.7. The van der Waals surface area contributed by atoms with Crippen molar-refractivity contribution in [3.05, 3.63) is 76.6 Å². The van der Waals surface area contributed by atoms with Crippen LogP contribution in [0.5, 0.6) is 5.75 Å². The number of hydrogen-bond acceptors (Lipinski definition) is 2.